The molecule has 0 radical (unpaired) electrons. The summed E-state index contributed by atoms with van der Waals surface area (Å²) in [6.07, 6.45) is 5.65. The number of hydrogen-bond donors (Lipinski definition) is 0. The molecule has 2 nitrogen and oxygen atoms in total. The van der Waals surface area contributed by atoms with Gasteiger partial charge in [-0.3, -0.25) is 4.79 Å². The Morgan fingerprint density at radius 1 is 1.28 bits per heavy atom. The third kappa shape index (κ3) is 2.74. The Hall–Kier alpha value is -1.31. The average molecular weight is 246 g/mol. The van der Waals surface area contributed by atoms with Crippen LogP contribution in [-0.2, 0) is 0 Å². The normalized spacial score (nSPS) is 15.9. The minimum absolute atomic E-state index is 0.247. The predicted molar refractivity (Wildman–Crippen MR) is 73.4 cm³/mol. The number of Topliss-reactive ketones (excluding diaryl/α,β-unsaturated/α-hetero) is 1. The van der Waals surface area contributed by atoms with Gasteiger partial charge in [-0.2, -0.15) is 0 Å². The first kappa shape index (κ1) is 13.1. The molecule has 0 unspecified atom stereocenters. The zero-order chi connectivity index (χ0) is 13.1. The highest BCUT2D eigenvalue weighted by Gasteiger charge is 2.22. The number of carbonyl (C=O) groups is 1. The van der Waals surface area contributed by atoms with Crippen molar-refractivity contribution in [3.63, 3.8) is 0 Å². The molecule has 1 fully saturated rings. The van der Waals surface area contributed by atoms with Gasteiger partial charge in [-0.15, -0.1) is 0 Å². The lowest BCUT2D eigenvalue weighted by molar-refractivity contribution is 0.0958. The lowest BCUT2D eigenvalue weighted by atomic mass is 9.93. The van der Waals surface area contributed by atoms with E-state index in [9.17, 15) is 4.79 Å². The van der Waals surface area contributed by atoms with Crippen LogP contribution in [0.25, 0.3) is 0 Å². The number of ketones is 1. The Bertz CT molecular complexity index is 443. The van der Waals surface area contributed by atoms with E-state index >= 15 is 0 Å². The molecular formula is C16H22O2. The lowest BCUT2D eigenvalue weighted by Crippen LogP contribution is -2.09. The average Bonchev–Trinajstić information content (AvgIpc) is 2.80. The van der Waals surface area contributed by atoms with Crippen molar-refractivity contribution in [1.29, 1.82) is 0 Å². The van der Waals surface area contributed by atoms with E-state index in [2.05, 4.69) is 6.07 Å². The number of rotatable bonds is 4. The van der Waals surface area contributed by atoms with Gasteiger partial charge >= 0.3 is 0 Å². The summed E-state index contributed by atoms with van der Waals surface area (Å²) in [6, 6.07) is 4.01. The fourth-order valence-electron chi connectivity index (χ4n) is 3.03. The molecule has 18 heavy (non-hydrogen) atoms. The van der Waals surface area contributed by atoms with E-state index in [1.807, 2.05) is 19.9 Å². The molecule has 0 atom stereocenters. The van der Waals surface area contributed by atoms with Crippen LogP contribution in [0.2, 0.25) is 0 Å². The van der Waals surface area contributed by atoms with E-state index in [0.717, 1.165) is 22.4 Å². The smallest absolute Gasteiger partial charge is 0.167 e. The monoisotopic (exact) mass is 246 g/mol. The van der Waals surface area contributed by atoms with Crippen LogP contribution >= 0.6 is 0 Å². The van der Waals surface area contributed by atoms with Crippen molar-refractivity contribution >= 4 is 5.78 Å². The first-order valence-electron chi connectivity index (χ1n) is 6.80. The van der Waals surface area contributed by atoms with Crippen LogP contribution in [0.1, 0.15) is 53.6 Å². The Labute approximate surface area is 109 Å². The number of methoxy groups -OCH3 is 1. The van der Waals surface area contributed by atoms with Crippen LogP contribution in [0.15, 0.2) is 12.1 Å². The second kappa shape index (κ2) is 5.55. The fourth-order valence-corrected chi connectivity index (χ4v) is 3.03. The molecule has 1 aromatic carbocycles. The Kier molecular flexibility index (Phi) is 4.05. The van der Waals surface area contributed by atoms with Crippen LogP contribution in [0, 0.1) is 19.8 Å². The van der Waals surface area contributed by atoms with Gasteiger partial charge < -0.3 is 4.74 Å². The van der Waals surface area contributed by atoms with E-state index in [0.29, 0.717) is 12.3 Å². The van der Waals surface area contributed by atoms with Crippen LogP contribution in [0.4, 0.5) is 0 Å². The number of aryl methyl sites for hydroxylation is 2. The first-order valence-corrected chi connectivity index (χ1v) is 6.80. The number of benzene rings is 1. The standard InChI is InChI=1S/C16H22O2/c1-11-8-12(2)16(15(9-11)18-3)14(17)10-13-6-4-5-7-13/h8-9,13H,4-7,10H2,1-3H3. The van der Waals surface area contributed by atoms with Gasteiger partial charge in [-0.05, 0) is 37.0 Å². The highest BCUT2D eigenvalue weighted by Crippen LogP contribution is 2.32. The Morgan fingerprint density at radius 3 is 2.56 bits per heavy atom. The largest absolute Gasteiger partial charge is 0.496 e. The van der Waals surface area contributed by atoms with Crippen molar-refractivity contribution in [3.8, 4) is 5.75 Å². The molecule has 1 aliphatic carbocycles. The zero-order valence-corrected chi connectivity index (χ0v) is 11.6. The fraction of sp³-hybridized carbons (Fsp3) is 0.562. The molecule has 0 bridgehead atoms. The van der Waals surface area contributed by atoms with Crippen LogP contribution in [0.3, 0.4) is 0 Å². The topological polar surface area (TPSA) is 26.3 Å². The van der Waals surface area contributed by atoms with Crippen LogP contribution in [0.5, 0.6) is 5.75 Å². The van der Waals surface area contributed by atoms with E-state index < -0.39 is 0 Å². The Balaban J connectivity index is 2.23. The van der Waals surface area contributed by atoms with Gasteiger partial charge in [0.1, 0.15) is 5.75 Å². The SMILES string of the molecule is COc1cc(C)cc(C)c1C(=O)CC1CCCC1. The first-order chi connectivity index (χ1) is 8.61. The van der Waals surface area contributed by atoms with Gasteiger partial charge in [0.15, 0.2) is 5.78 Å². The van der Waals surface area contributed by atoms with Crippen molar-refractivity contribution in [3.05, 3.63) is 28.8 Å². The van der Waals surface area contributed by atoms with Crippen LogP contribution < -0.4 is 4.74 Å². The van der Waals surface area contributed by atoms with Gasteiger partial charge in [0.25, 0.3) is 0 Å². The molecule has 98 valence electrons. The highest BCUT2D eigenvalue weighted by molar-refractivity contribution is 6.00. The molecule has 1 aromatic rings. The van der Waals surface area contributed by atoms with Crippen molar-refractivity contribution < 1.29 is 9.53 Å². The summed E-state index contributed by atoms with van der Waals surface area (Å²) < 4.78 is 5.37. The summed E-state index contributed by atoms with van der Waals surface area (Å²) in [5.74, 6) is 1.56. The van der Waals surface area contributed by atoms with Crippen molar-refractivity contribution in [2.24, 2.45) is 5.92 Å². The van der Waals surface area contributed by atoms with Crippen molar-refractivity contribution in [2.45, 2.75) is 46.0 Å². The van der Waals surface area contributed by atoms with Crippen molar-refractivity contribution in [2.75, 3.05) is 7.11 Å². The Morgan fingerprint density at radius 2 is 1.94 bits per heavy atom. The molecule has 2 heteroatoms. The van der Waals surface area contributed by atoms with Gasteiger partial charge in [0, 0.05) is 6.42 Å². The number of hydrogen-bond acceptors (Lipinski definition) is 2. The maximum atomic E-state index is 12.4. The molecule has 0 aliphatic heterocycles. The molecule has 1 saturated carbocycles. The second-order valence-electron chi connectivity index (χ2n) is 5.44. The summed E-state index contributed by atoms with van der Waals surface area (Å²) in [5.41, 5.74) is 2.96. The van der Waals surface area contributed by atoms with Gasteiger partial charge in [0.2, 0.25) is 0 Å². The summed E-state index contributed by atoms with van der Waals surface area (Å²) in [7, 11) is 1.64. The quantitative estimate of drug-likeness (QED) is 0.748. The van der Waals surface area contributed by atoms with Gasteiger partial charge in [0.05, 0.1) is 12.7 Å². The summed E-state index contributed by atoms with van der Waals surface area (Å²) in [6.45, 7) is 4.03. The third-order valence-corrected chi connectivity index (χ3v) is 3.89. The molecule has 2 rings (SSSR count). The molecular weight excluding hydrogens is 224 g/mol. The molecule has 0 amide bonds. The number of ether oxygens (including phenoxy) is 1. The highest BCUT2D eigenvalue weighted by atomic mass is 16.5. The summed E-state index contributed by atoms with van der Waals surface area (Å²) in [4.78, 5) is 12.4. The maximum absolute atomic E-state index is 12.4. The van der Waals surface area contributed by atoms with Gasteiger partial charge in [-0.25, -0.2) is 0 Å². The minimum Gasteiger partial charge on any atom is -0.496 e. The summed E-state index contributed by atoms with van der Waals surface area (Å²) >= 11 is 0. The summed E-state index contributed by atoms with van der Waals surface area (Å²) in [5, 5.41) is 0. The maximum Gasteiger partial charge on any atom is 0.167 e. The molecule has 1 aliphatic rings. The second-order valence-corrected chi connectivity index (χ2v) is 5.44. The molecule has 0 aromatic heterocycles. The number of carbonyl (C=O) groups excluding carboxylic acids is 1. The zero-order valence-electron chi connectivity index (χ0n) is 11.6. The van der Waals surface area contributed by atoms with E-state index in [1.54, 1.807) is 7.11 Å². The molecule has 0 heterocycles. The van der Waals surface area contributed by atoms with Crippen molar-refractivity contribution in [1.82, 2.24) is 0 Å². The molecule has 0 spiro atoms. The van der Waals surface area contributed by atoms with E-state index in [-0.39, 0.29) is 5.78 Å². The molecule has 0 N–H and O–H groups in total. The third-order valence-electron chi connectivity index (χ3n) is 3.89. The van der Waals surface area contributed by atoms with Gasteiger partial charge in [-0.1, -0.05) is 31.7 Å². The van der Waals surface area contributed by atoms with E-state index in [4.69, 9.17) is 4.74 Å². The lowest BCUT2D eigenvalue weighted by Gasteiger charge is -2.14. The van der Waals surface area contributed by atoms with E-state index in [1.165, 1.54) is 25.7 Å². The van der Waals surface area contributed by atoms with Crippen LogP contribution in [-0.4, -0.2) is 12.9 Å². The molecule has 0 saturated heterocycles. The predicted octanol–water partition coefficient (Wildman–Crippen LogP) is 4.08. The minimum atomic E-state index is 0.247.